The first kappa shape index (κ1) is 18.9. The van der Waals surface area contributed by atoms with Crippen LogP contribution in [0, 0.1) is 0 Å². The zero-order valence-corrected chi connectivity index (χ0v) is 16.9. The molecule has 26 heavy (non-hydrogen) atoms. The maximum atomic E-state index is 11.0. The van der Waals surface area contributed by atoms with Gasteiger partial charge in [-0.2, -0.15) is 0 Å². The minimum atomic E-state index is -1.05. The van der Waals surface area contributed by atoms with Crippen LogP contribution in [0.15, 0.2) is 46.9 Å². The molecule has 2 aromatic carbocycles. The molecule has 3 rings (SSSR count). The molecular weight excluding hydrogens is 438 g/mol. The summed E-state index contributed by atoms with van der Waals surface area (Å²) in [6.45, 7) is 3.37. The third-order valence-corrected chi connectivity index (χ3v) is 5.41. The van der Waals surface area contributed by atoms with Gasteiger partial charge in [0, 0.05) is 42.0 Å². The molecule has 2 aromatic rings. The molecule has 1 aliphatic heterocycles. The number of carboxylic acids is 1. The maximum Gasteiger partial charge on any atom is 0.337 e. The highest BCUT2D eigenvalue weighted by molar-refractivity contribution is 9.10. The van der Waals surface area contributed by atoms with E-state index < -0.39 is 5.97 Å². The van der Waals surface area contributed by atoms with Crippen LogP contribution in [0.2, 0.25) is 5.02 Å². The molecule has 0 unspecified atom stereocenters. The number of hydrogen-bond donors (Lipinski definition) is 2. The van der Waals surface area contributed by atoms with Gasteiger partial charge in [0.05, 0.1) is 10.6 Å². The van der Waals surface area contributed by atoms with Gasteiger partial charge in [0.25, 0.3) is 0 Å². The van der Waals surface area contributed by atoms with E-state index in [1.54, 1.807) is 12.1 Å². The molecule has 8 heteroatoms. The molecule has 0 amide bonds. The van der Waals surface area contributed by atoms with Crippen LogP contribution in [0.25, 0.3) is 0 Å². The second kappa shape index (κ2) is 8.24. The number of hydrogen-bond acceptors (Lipinski definition) is 3. The summed E-state index contributed by atoms with van der Waals surface area (Å²) in [5.74, 6) is -1.05. The quantitative estimate of drug-likeness (QED) is 0.674. The standard InChI is InChI=1S/C18H17BrClN3O2S/c19-12-1-4-14(5-2-12)22-7-9-23(10-8-22)18(26)21-13-3-6-15(17(24)25)16(20)11-13/h1-6,11H,7-10H2,(H,21,26)(H,24,25). The fourth-order valence-corrected chi connectivity index (χ4v) is 3.61. The van der Waals surface area contributed by atoms with Crippen LogP contribution < -0.4 is 10.2 Å². The minimum Gasteiger partial charge on any atom is -0.478 e. The van der Waals surface area contributed by atoms with E-state index in [0.29, 0.717) is 10.8 Å². The monoisotopic (exact) mass is 453 g/mol. The summed E-state index contributed by atoms with van der Waals surface area (Å²) in [6, 6.07) is 13.0. The molecule has 0 saturated carbocycles. The summed E-state index contributed by atoms with van der Waals surface area (Å²) in [6.07, 6.45) is 0. The van der Waals surface area contributed by atoms with Gasteiger partial charge in [-0.05, 0) is 54.7 Å². The van der Waals surface area contributed by atoms with Gasteiger partial charge in [-0.3, -0.25) is 0 Å². The van der Waals surface area contributed by atoms with Crippen molar-refractivity contribution in [2.24, 2.45) is 0 Å². The van der Waals surface area contributed by atoms with E-state index in [2.05, 4.69) is 43.2 Å². The predicted octanol–water partition coefficient (Wildman–Crippen LogP) is 4.32. The van der Waals surface area contributed by atoms with E-state index in [0.717, 1.165) is 30.7 Å². The SMILES string of the molecule is O=C(O)c1ccc(NC(=S)N2CCN(c3ccc(Br)cc3)CC2)cc1Cl. The summed E-state index contributed by atoms with van der Waals surface area (Å²) < 4.78 is 1.07. The number of halogens is 2. The first-order valence-corrected chi connectivity index (χ1v) is 9.61. The molecular formula is C18H17BrClN3O2S. The maximum absolute atomic E-state index is 11.0. The molecule has 0 radical (unpaired) electrons. The van der Waals surface area contributed by atoms with Gasteiger partial charge in [0.1, 0.15) is 0 Å². The van der Waals surface area contributed by atoms with Gasteiger partial charge in [0.2, 0.25) is 0 Å². The molecule has 0 atom stereocenters. The summed E-state index contributed by atoms with van der Waals surface area (Å²) in [5, 5.41) is 13.0. The van der Waals surface area contributed by atoms with Gasteiger partial charge in [-0.15, -0.1) is 0 Å². The number of rotatable bonds is 3. The fourth-order valence-electron chi connectivity index (χ4n) is 2.79. The van der Waals surface area contributed by atoms with Crippen molar-refractivity contribution in [2.45, 2.75) is 0 Å². The highest BCUT2D eigenvalue weighted by atomic mass is 79.9. The fraction of sp³-hybridized carbons (Fsp3) is 0.222. The lowest BCUT2D eigenvalue weighted by molar-refractivity contribution is 0.0697. The lowest BCUT2D eigenvalue weighted by atomic mass is 10.2. The average molecular weight is 455 g/mol. The zero-order valence-electron chi connectivity index (χ0n) is 13.8. The van der Waals surface area contributed by atoms with Crippen LogP contribution in [0.1, 0.15) is 10.4 Å². The summed E-state index contributed by atoms with van der Waals surface area (Å²) >= 11 is 14.9. The Labute approximate surface area is 170 Å². The molecule has 0 aromatic heterocycles. The van der Waals surface area contributed by atoms with Crippen molar-refractivity contribution in [3.8, 4) is 0 Å². The molecule has 0 bridgehead atoms. The van der Waals surface area contributed by atoms with Crippen molar-refractivity contribution in [2.75, 3.05) is 36.4 Å². The van der Waals surface area contributed by atoms with Gasteiger partial charge in [-0.25, -0.2) is 4.79 Å². The summed E-state index contributed by atoms with van der Waals surface area (Å²) in [5.41, 5.74) is 1.95. The topological polar surface area (TPSA) is 55.8 Å². The number of anilines is 2. The molecule has 2 N–H and O–H groups in total. The predicted molar refractivity (Wildman–Crippen MR) is 113 cm³/mol. The van der Waals surface area contributed by atoms with E-state index in [9.17, 15) is 4.79 Å². The minimum absolute atomic E-state index is 0.0752. The molecule has 1 fully saturated rings. The third kappa shape index (κ3) is 4.47. The Morgan fingerprint density at radius 1 is 1.12 bits per heavy atom. The van der Waals surface area contributed by atoms with Gasteiger partial charge in [0.15, 0.2) is 5.11 Å². The number of carboxylic acid groups (broad SMARTS) is 1. The molecule has 0 aliphatic carbocycles. The van der Waals surface area contributed by atoms with E-state index in [4.69, 9.17) is 28.9 Å². The Hall–Kier alpha value is -1.83. The number of nitrogens with one attached hydrogen (secondary N) is 1. The molecule has 1 saturated heterocycles. The number of benzene rings is 2. The van der Waals surface area contributed by atoms with E-state index in [-0.39, 0.29) is 10.6 Å². The highest BCUT2D eigenvalue weighted by Gasteiger charge is 2.19. The van der Waals surface area contributed by atoms with Gasteiger partial charge in [-0.1, -0.05) is 27.5 Å². The number of carbonyl (C=O) groups is 1. The van der Waals surface area contributed by atoms with E-state index >= 15 is 0 Å². The zero-order chi connectivity index (χ0) is 18.7. The van der Waals surface area contributed by atoms with Crippen molar-refractivity contribution < 1.29 is 9.90 Å². The average Bonchev–Trinajstić information content (AvgIpc) is 2.62. The number of nitrogens with zero attached hydrogens (tertiary/aromatic N) is 2. The Kier molecular flexibility index (Phi) is 6.01. The van der Waals surface area contributed by atoms with Crippen LogP contribution >= 0.6 is 39.7 Å². The van der Waals surface area contributed by atoms with Crippen LogP contribution in [-0.4, -0.2) is 47.3 Å². The Morgan fingerprint density at radius 3 is 2.35 bits per heavy atom. The van der Waals surface area contributed by atoms with E-state index in [1.165, 1.54) is 11.8 Å². The van der Waals surface area contributed by atoms with Crippen LogP contribution in [0.4, 0.5) is 11.4 Å². The Bertz CT molecular complexity index is 824. The summed E-state index contributed by atoms with van der Waals surface area (Å²) in [7, 11) is 0. The lowest BCUT2D eigenvalue weighted by Crippen LogP contribution is -2.50. The first-order valence-electron chi connectivity index (χ1n) is 8.03. The molecule has 1 aliphatic rings. The van der Waals surface area contributed by atoms with Crippen LogP contribution in [-0.2, 0) is 0 Å². The van der Waals surface area contributed by atoms with E-state index in [1.807, 2.05) is 12.1 Å². The van der Waals surface area contributed by atoms with Crippen LogP contribution in [0.5, 0.6) is 0 Å². The van der Waals surface area contributed by atoms with Crippen molar-refractivity contribution >= 4 is 62.2 Å². The number of piperazine rings is 1. The molecule has 0 spiro atoms. The lowest BCUT2D eigenvalue weighted by Gasteiger charge is -2.37. The largest absolute Gasteiger partial charge is 0.478 e. The van der Waals surface area contributed by atoms with Crippen molar-refractivity contribution in [3.05, 3.63) is 57.5 Å². The smallest absolute Gasteiger partial charge is 0.337 e. The molecule has 5 nitrogen and oxygen atoms in total. The first-order chi connectivity index (χ1) is 12.4. The van der Waals surface area contributed by atoms with Crippen molar-refractivity contribution in [1.82, 2.24) is 4.90 Å². The number of thiocarbonyl (C=S) groups is 1. The number of aromatic carboxylic acids is 1. The second-order valence-electron chi connectivity index (χ2n) is 5.88. The van der Waals surface area contributed by atoms with Crippen molar-refractivity contribution in [1.29, 1.82) is 0 Å². The third-order valence-electron chi connectivity index (χ3n) is 4.21. The molecule has 136 valence electrons. The molecule has 1 heterocycles. The Morgan fingerprint density at radius 2 is 1.77 bits per heavy atom. The highest BCUT2D eigenvalue weighted by Crippen LogP contribution is 2.22. The normalized spacial score (nSPS) is 14.2. The summed E-state index contributed by atoms with van der Waals surface area (Å²) in [4.78, 5) is 15.4. The van der Waals surface area contributed by atoms with Crippen molar-refractivity contribution in [3.63, 3.8) is 0 Å². The van der Waals surface area contributed by atoms with Gasteiger partial charge >= 0.3 is 5.97 Å². The van der Waals surface area contributed by atoms with Crippen LogP contribution in [0.3, 0.4) is 0 Å². The van der Waals surface area contributed by atoms with Gasteiger partial charge < -0.3 is 20.2 Å². The second-order valence-corrected chi connectivity index (χ2v) is 7.59. The Balaban J connectivity index is 1.57.